The van der Waals surface area contributed by atoms with E-state index >= 15 is 0 Å². The van der Waals surface area contributed by atoms with E-state index in [0.717, 1.165) is 29.3 Å². The van der Waals surface area contributed by atoms with E-state index in [1.54, 1.807) is 30.3 Å². The molecule has 0 bridgehead atoms. The average Bonchev–Trinajstić information content (AvgIpc) is 3.10. The number of hydrogen-bond donors (Lipinski definition) is 2. The van der Waals surface area contributed by atoms with E-state index in [0.29, 0.717) is 11.3 Å². The van der Waals surface area contributed by atoms with Gasteiger partial charge in [-0.3, -0.25) is 0 Å². The van der Waals surface area contributed by atoms with E-state index in [9.17, 15) is 42.7 Å². The zero-order valence-corrected chi connectivity index (χ0v) is 17.5. The van der Waals surface area contributed by atoms with Crippen LogP contribution >= 0.6 is 7.81 Å². The summed E-state index contributed by atoms with van der Waals surface area (Å²) in [5.41, 5.74) is 3.05. The molecule has 0 aliphatic carbocycles. The van der Waals surface area contributed by atoms with Gasteiger partial charge >= 0.3 is 33.0 Å². The van der Waals surface area contributed by atoms with E-state index in [1.165, 1.54) is 18.3 Å². The predicted octanol–water partition coefficient (Wildman–Crippen LogP) is 7.08. The van der Waals surface area contributed by atoms with Crippen LogP contribution in [-0.4, -0.2) is 0 Å². The van der Waals surface area contributed by atoms with Gasteiger partial charge in [0.1, 0.15) is 17.6 Å². The Hall–Kier alpha value is -3.15. The van der Waals surface area contributed by atoms with Crippen LogP contribution in [0.3, 0.4) is 0 Å². The Morgan fingerprint density at radius 3 is 1.53 bits per heavy atom. The summed E-state index contributed by atoms with van der Waals surface area (Å²) in [6, 6.07) is 15.7. The Balaban J connectivity index is 0.000000406. The molecule has 2 N–H and O–H groups in total. The molecular weight excluding hydrogens is 503 g/mol. The van der Waals surface area contributed by atoms with Crippen molar-refractivity contribution in [2.45, 2.75) is 0 Å². The number of halogens is 10. The number of hydrogen-bond acceptors (Lipinski definition) is 2. The van der Waals surface area contributed by atoms with Gasteiger partial charge in [0, 0.05) is 5.56 Å². The van der Waals surface area contributed by atoms with Crippen molar-refractivity contribution >= 4 is 24.9 Å². The summed E-state index contributed by atoms with van der Waals surface area (Å²) in [6.07, 6.45) is 1.46. The number of hydrazine groups is 1. The second-order valence-corrected chi connectivity index (χ2v) is 8.80. The van der Waals surface area contributed by atoms with Gasteiger partial charge in [-0.2, -0.15) is 5.01 Å². The van der Waals surface area contributed by atoms with Crippen LogP contribution in [0.25, 0.3) is 5.70 Å². The van der Waals surface area contributed by atoms with Gasteiger partial charge in [0.2, 0.25) is 5.69 Å². The molecule has 14 heteroatoms. The first-order valence-corrected chi connectivity index (χ1v) is 11.2. The first-order valence-electron chi connectivity index (χ1n) is 9.17. The van der Waals surface area contributed by atoms with Gasteiger partial charge in [0.05, 0.1) is 0 Å². The SMILES string of the molecule is F[P-](F)(F)(F)(F)F.Fc1cccc(F)c1N1N[NH+](c2c(F)cccc2F)C=C1c1ccccc1. The van der Waals surface area contributed by atoms with Gasteiger partial charge in [0.25, 0.3) is 0 Å². The van der Waals surface area contributed by atoms with Gasteiger partial charge in [0.15, 0.2) is 23.3 Å². The maximum Gasteiger partial charge on any atom is 0.228 e. The van der Waals surface area contributed by atoms with Crippen LogP contribution in [-0.2, 0) is 0 Å². The van der Waals surface area contributed by atoms with Crippen molar-refractivity contribution < 1.29 is 47.8 Å². The number of rotatable bonds is 3. The maximum atomic E-state index is 14.4. The molecule has 0 radical (unpaired) electrons. The van der Waals surface area contributed by atoms with Crippen LogP contribution < -0.4 is 15.6 Å². The fraction of sp³-hybridized carbons (Fsp3) is 0. The van der Waals surface area contributed by atoms with E-state index < -0.39 is 31.1 Å². The van der Waals surface area contributed by atoms with Crippen molar-refractivity contribution in [3.63, 3.8) is 0 Å². The molecule has 1 unspecified atom stereocenters. The van der Waals surface area contributed by atoms with E-state index in [4.69, 9.17) is 0 Å². The topological polar surface area (TPSA) is 19.7 Å². The van der Waals surface area contributed by atoms with Crippen LogP contribution in [0.1, 0.15) is 5.56 Å². The largest absolute Gasteiger partial charge is 0.228 e. The zero-order chi connectivity index (χ0) is 25.4. The van der Waals surface area contributed by atoms with Gasteiger partial charge in [-0.05, 0) is 24.3 Å². The van der Waals surface area contributed by atoms with Crippen molar-refractivity contribution in [3.05, 3.63) is 102 Å². The molecule has 0 saturated carbocycles. The van der Waals surface area contributed by atoms with E-state index in [1.807, 2.05) is 0 Å². The molecule has 184 valence electrons. The third-order valence-corrected chi connectivity index (χ3v) is 4.22. The summed E-state index contributed by atoms with van der Waals surface area (Å²) in [6.45, 7) is 0. The Morgan fingerprint density at radius 2 is 1.06 bits per heavy atom. The van der Waals surface area contributed by atoms with Crippen molar-refractivity contribution in [2.24, 2.45) is 0 Å². The summed E-state index contributed by atoms with van der Waals surface area (Å²) in [7, 11) is -10.7. The van der Waals surface area contributed by atoms with Gasteiger partial charge in [-0.25, -0.2) is 22.6 Å². The van der Waals surface area contributed by atoms with Crippen molar-refractivity contribution in [1.29, 1.82) is 0 Å². The maximum absolute atomic E-state index is 14.4. The van der Waals surface area contributed by atoms with Crippen LogP contribution in [0.4, 0.5) is 54.1 Å². The van der Waals surface area contributed by atoms with E-state index in [-0.39, 0.29) is 16.4 Å². The summed E-state index contributed by atoms with van der Waals surface area (Å²) in [5.74, 6) is -3.17. The van der Waals surface area contributed by atoms with Gasteiger partial charge < -0.3 is 0 Å². The molecule has 0 spiro atoms. The third kappa shape index (κ3) is 6.92. The molecule has 3 nitrogen and oxygen atoms in total. The molecule has 34 heavy (non-hydrogen) atoms. The molecule has 3 aromatic rings. The number of nitrogens with one attached hydrogen (secondary N) is 2. The smallest absolute Gasteiger partial charge is 0.221 e. The minimum Gasteiger partial charge on any atom is -0.221 e. The molecular formula is C20H14F10N3P. The molecule has 1 aliphatic rings. The number of benzene rings is 3. The molecule has 1 heterocycles. The second kappa shape index (κ2) is 8.26. The van der Waals surface area contributed by atoms with Crippen molar-refractivity contribution in [2.75, 3.05) is 5.01 Å². The monoisotopic (exact) mass is 517 g/mol. The molecule has 3 aromatic carbocycles. The molecule has 0 aromatic heterocycles. The fourth-order valence-electron chi connectivity index (χ4n) is 3.00. The molecule has 0 amide bonds. The van der Waals surface area contributed by atoms with E-state index in [2.05, 4.69) is 5.53 Å². The minimum absolute atomic E-state index is 0.0621. The summed E-state index contributed by atoms with van der Waals surface area (Å²) < 4.78 is 116. The summed E-state index contributed by atoms with van der Waals surface area (Å²) in [4.78, 5) is 0. The normalized spacial score (nSPS) is 17.9. The zero-order valence-electron chi connectivity index (χ0n) is 16.6. The number of para-hydroxylation sites is 2. The third-order valence-electron chi connectivity index (χ3n) is 4.22. The first kappa shape index (κ1) is 25.5. The average molecular weight is 517 g/mol. The second-order valence-electron chi connectivity index (χ2n) is 6.88. The predicted molar refractivity (Wildman–Crippen MR) is 107 cm³/mol. The van der Waals surface area contributed by atoms with Gasteiger partial charge in [-0.15, -0.1) is 0 Å². The van der Waals surface area contributed by atoms with Crippen LogP contribution in [0.5, 0.6) is 0 Å². The molecule has 4 rings (SSSR count). The standard InChI is InChI=1S/C20H13F4N3.F6P/c21-14-8-4-9-15(22)19(14)26-12-18(13-6-2-1-3-7-13)27(25-26)20-16(23)10-5-11-17(20)24;1-7(2,3,4,5)6/h1-12,25H;/q;-1/p+1. The van der Waals surface area contributed by atoms with Crippen molar-refractivity contribution in [1.82, 2.24) is 5.53 Å². The number of nitrogens with zero attached hydrogens (tertiary/aromatic N) is 1. The van der Waals surface area contributed by atoms with Crippen LogP contribution in [0.2, 0.25) is 0 Å². The van der Waals surface area contributed by atoms with Gasteiger partial charge in [-0.1, -0.05) is 48.0 Å². The summed E-state index contributed by atoms with van der Waals surface area (Å²) in [5, 5.41) is 1.22. The Morgan fingerprint density at radius 1 is 0.618 bits per heavy atom. The minimum atomic E-state index is -10.7. The van der Waals surface area contributed by atoms with Crippen LogP contribution in [0, 0.1) is 23.3 Å². The number of quaternary nitrogens is 1. The first-order chi connectivity index (χ1) is 15.5. The number of anilines is 1. The molecule has 0 fully saturated rings. The fourth-order valence-corrected chi connectivity index (χ4v) is 3.00. The molecule has 0 saturated heterocycles. The Kier molecular flexibility index (Phi) is 6.19. The molecule has 1 aliphatic heterocycles. The summed E-state index contributed by atoms with van der Waals surface area (Å²) >= 11 is 0. The van der Waals surface area contributed by atoms with Crippen LogP contribution in [0.15, 0.2) is 72.9 Å². The Labute approximate surface area is 185 Å². The quantitative estimate of drug-likeness (QED) is 0.286. The Bertz CT molecular complexity index is 1180. The molecule has 1 atom stereocenters. The van der Waals surface area contributed by atoms with Crippen molar-refractivity contribution in [3.8, 4) is 0 Å².